The quantitative estimate of drug-likeness (QED) is 0.822. The molecular formula is C17H16F2O. The van der Waals surface area contributed by atoms with Crippen LogP contribution in [0.25, 0.3) is 0 Å². The van der Waals surface area contributed by atoms with E-state index in [0.29, 0.717) is 5.56 Å². The summed E-state index contributed by atoms with van der Waals surface area (Å²) in [7, 11) is 0. The zero-order chi connectivity index (χ0) is 14.8. The maximum Gasteiger partial charge on any atom is 0.147 e. The molecule has 0 aromatic heterocycles. The van der Waals surface area contributed by atoms with Gasteiger partial charge in [-0.05, 0) is 49.2 Å². The van der Waals surface area contributed by atoms with Crippen LogP contribution in [-0.2, 0) is 16.6 Å². The zero-order valence-corrected chi connectivity index (χ0v) is 11.5. The van der Waals surface area contributed by atoms with Crippen molar-refractivity contribution in [2.24, 2.45) is 0 Å². The monoisotopic (exact) mass is 274 g/mol. The van der Waals surface area contributed by atoms with Crippen LogP contribution in [0.4, 0.5) is 8.78 Å². The number of hydrogen-bond donors (Lipinski definition) is 0. The molecule has 2 aromatic rings. The zero-order valence-electron chi connectivity index (χ0n) is 11.5. The van der Waals surface area contributed by atoms with Crippen molar-refractivity contribution in [3.63, 3.8) is 0 Å². The number of carbonyl (C=O) groups excluding carboxylic acids is 1. The molecule has 3 heteroatoms. The molecule has 20 heavy (non-hydrogen) atoms. The van der Waals surface area contributed by atoms with Gasteiger partial charge in [0.15, 0.2) is 0 Å². The second-order valence-corrected chi connectivity index (χ2v) is 5.36. The summed E-state index contributed by atoms with van der Waals surface area (Å²) in [5.41, 5.74) is 0.658. The van der Waals surface area contributed by atoms with Gasteiger partial charge in [0.25, 0.3) is 0 Å². The predicted molar refractivity (Wildman–Crippen MR) is 74.5 cm³/mol. The maximum atomic E-state index is 13.1. The molecule has 0 aliphatic rings. The van der Waals surface area contributed by atoms with E-state index >= 15 is 0 Å². The fourth-order valence-corrected chi connectivity index (χ4v) is 2.08. The highest BCUT2D eigenvalue weighted by Gasteiger charge is 2.29. The fraction of sp³-hybridized carbons (Fsp3) is 0.235. The van der Waals surface area contributed by atoms with E-state index in [0.717, 1.165) is 5.56 Å². The molecule has 0 fully saturated rings. The van der Waals surface area contributed by atoms with Gasteiger partial charge in [-0.3, -0.25) is 4.79 Å². The Morgan fingerprint density at radius 3 is 2.25 bits per heavy atom. The van der Waals surface area contributed by atoms with Crippen molar-refractivity contribution in [2.75, 3.05) is 0 Å². The second-order valence-electron chi connectivity index (χ2n) is 5.36. The minimum Gasteiger partial charge on any atom is -0.298 e. The van der Waals surface area contributed by atoms with Gasteiger partial charge in [0, 0.05) is 11.8 Å². The third-order valence-electron chi connectivity index (χ3n) is 3.52. The molecule has 2 rings (SSSR count). The van der Waals surface area contributed by atoms with E-state index in [9.17, 15) is 13.6 Å². The average Bonchev–Trinajstić information content (AvgIpc) is 2.39. The highest BCUT2D eigenvalue weighted by molar-refractivity contribution is 5.91. The normalized spacial score (nSPS) is 11.4. The van der Waals surface area contributed by atoms with E-state index in [1.165, 1.54) is 24.3 Å². The van der Waals surface area contributed by atoms with E-state index in [2.05, 4.69) is 0 Å². The Balaban J connectivity index is 2.21. The summed E-state index contributed by atoms with van der Waals surface area (Å²) in [6, 6.07) is 11.9. The van der Waals surface area contributed by atoms with Gasteiger partial charge in [0.1, 0.15) is 17.4 Å². The number of ketones is 1. The summed E-state index contributed by atoms with van der Waals surface area (Å²) < 4.78 is 26.1. The standard InChI is InChI=1S/C17H16F2O/c1-17(2,13-6-8-14(18)9-7-13)16(20)11-12-4-3-5-15(19)10-12/h3-10H,11H2,1-2H3. The first kappa shape index (κ1) is 14.4. The summed E-state index contributed by atoms with van der Waals surface area (Å²) in [5, 5.41) is 0. The first-order valence-electron chi connectivity index (χ1n) is 6.43. The Kier molecular flexibility index (Phi) is 3.98. The van der Waals surface area contributed by atoms with Crippen molar-refractivity contribution in [3.8, 4) is 0 Å². The number of Topliss-reactive ketones (excluding diaryl/α,β-unsaturated/α-hetero) is 1. The molecular weight excluding hydrogens is 258 g/mol. The van der Waals surface area contributed by atoms with Crippen LogP contribution in [-0.4, -0.2) is 5.78 Å². The van der Waals surface area contributed by atoms with Gasteiger partial charge in [-0.15, -0.1) is 0 Å². The van der Waals surface area contributed by atoms with Crippen molar-refractivity contribution in [1.29, 1.82) is 0 Å². The van der Waals surface area contributed by atoms with Gasteiger partial charge < -0.3 is 0 Å². The molecule has 2 aromatic carbocycles. The van der Waals surface area contributed by atoms with Crippen LogP contribution >= 0.6 is 0 Å². The topological polar surface area (TPSA) is 17.1 Å². The van der Waals surface area contributed by atoms with Crippen LogP contribution in [0.2, 0.25) is 0 Å². The third kappa shape index (κ3) is 3.10. The first-order chi connectivity index (χ1) is 9.39. The van der Waals surface area contributed by atoms with Gasteiger partial charge in [-0.25, -0.2) is 8.78 Å². The molecule has 104 valence electrons. The lowest BCUT2D eigenvalue weighted by molar-refractivity contribution is -0.122. The van der Waals surface area contributed by atoms with Crippen LogP contribution < -0.4 is 0 Å². The molecule has 0 bridgehead atoms. The lowest BCUT2D eigenvalue weighted by atomic mass is 9.78. The SMILES string of the molecule is CC(C)(C(=O)Cc1cccc(F)c1)c1ccc(F)cc1. The number of hydrogen-bond acceptors (Lipinski definition) is 1. The van der Waals surface area contributed by atoms with Crippen molar-refractivity contribution in [2.45, 2.75) is 25.7 Å². The molecule has 0 amide bonds. The van der Waals surface area contributed by atoms with E-state index in [1.54, 1.807) is 38.1 Å². The van der Waals surface area contributed by atoms with E-state index in [-0.39, 0.29) is 23.8 Å². The van der Waals surface area contributed by atoms with Crippen molar-refractivity contribution < 1.29 is 13.6 Å². The molecule has 0 radical (unpaired) electrons. The minimum atomic E-state index is -0.736. The Morgan fingerprint density at radius 1 is 1.00 bits per heavy atom. The Labute approximate surface area is 117 Å². The largest absolute Gasteiger partial charge is 0.298 e. The molecule has 0 atom stereocenters. The number of halogens is 2. The summed E-state index contributed by atoms with van der Waals surface area (Å²) in [6.07, 6.45) is 0.155. The first-order valence-corrected chi connectivity index (χ1v) is 6.43. The van der Waals surface area contributed by atoms with Crippen LogP contribution in [0.15, 0.2) is 48.5 Å². The highest BCUT2D eigenvalue weighted by Crippen LogP contribution is 2.26. The number of carbonyl (C=O) groups is 1. The van der Waals surface area contributed by atoms with E-state index < -0.39 is 5.41 Å². The van der Waals surface area contributed by atoms with E-state index in [4.69, 9.17) is 0 Å². The maximum absolute atomic E-state index is 13.1. The molecule has 0 unspecified atom stereocenters. The lowest BCUT2D eigenvalue weighted by Crippen LogP contribution is -2.30. The molecule has 0 saturated carbocycles. The summed E-state index contributed by atoms with van der Waals surface area (Å²) >= 11 is 0. The van der Waals surface area contributed by atoms with Gasteiger partial charge in [-0.1, -0.05) is 24.3 Å². The van der Waals surface area contributed by atoms with E-state index in [1.807, 2.05) is 0 Å². The third-order valence-corrected chi connectivity index (χ3v) is 3.52. The van der Waals surface area contributed by atoms with Crippen molar-refractivity contribution in [3.05, 3.63) is 71.3 Å². The molecule has 0 spiro atoms. The summed E-state index contributed by atoms with van der Waals surface area (Å²) in [5.74, 6) is -0.716. The smallest absolute Gasteiger partial charge is 0.147 e. The number of benzene rings is 2. The van der Waals surface area contributed by atoms with Gasteiger partial charge in [0.05, 0.1) is 0 Å². The van der Waals surface area contributed by atoms with Gasteiger partial charge in [-0.2, -0.15) is 0 Å². The highest BCUT2D eigenvalue weighted by atomic mass is 19.1. The second kappa shape index (κ2) is 5.53. The molecule has 1 nitrogen and oxygen atoms in total. The van der Waals surface area contributed by atoms with Crippen molar-refractivity contribution in [1.82, 2.24) is 0 Å². The molecule has 0 N–H and O–H groups in total. The van der Waals surface area contributed by atoms with Gasteiger partial charge in [0.2, 0.25) is 0 Å². The molecule has 0 heterocycles. The lowest BCUT2D eigenvalue weighted by Gasteiger charge is -2.23. The molecule has 0 aliphatic heterocycles. The molecule has 0 aliphatic carbocycles. The average molecular weight is 274 g/mol. The van der Waals surface area contributed by atoms with Crippen molar-refractivity contribution >= 4 is 5.78 Å². The Hall–Kier alpha value is -2.03. The summed E-state index contributed by atoms with van der Waals surface area (Å²) in [4.78, 5) is 12.4. The Bertz CT molecular complexity index is 615. The van der Waals surface area contributed by atoms with Crippen LogP contribution in [0.3, 0.4) is 0 Å². The summed E-state index contributed by atoms with van der Waals surface area (Å²) in [6.45, 7) is 3.59. The minimum absolute atomic E-state index is 0.0327. The fourth-order valence-electron chi connectivity index (χ4n) is 2.08. The van der Waals surface area contributed by atoms with Crippen LogP contribution in [0.5, 0.6) is 0 Å². The molecule has 0 saturated heterocycles. The van der Waals surface area contributed by atoms with Gasteiger partial charge >= 0.3 is 0 Å². The van der Waals surface area contributed by atoms with Crippen LogP contribution in [0.1, 0.15) is 25.0 Å². The number of rotatable bonds is 4. The Morgan fingerprint density at radius 2 is 1.65 bits per heavy atom. The predicted octanol–water partition coefficient (Wildman–Crippen LogP) is 4.05. The van der Waals surface area contributed by atoms with Crippen LogP contribution in [0, 0.1) is 11.6 Å².